The van der Waals surface area contributed by atoms with Crippen molar-refractivity contribution in [2.45, 2.75) is 13.8 Å². The average Bonchev–Trinajstić information content (AvgIpc) is 2.74. The molecule has 2 aromatic heterocycles. The second-order valence-electron chi connectivity index (χ2n) is 4.23. The maximum atomic E-state index is 5.72. The van der Waals surface area contributed by atoms with Crippen molar-refractivity contribution >= 4 is 16.8 Å². The zero-order valence-electron chi connectivity index (χ0n) is 10.1. The zero-order chi connectivity index (χ0) is 12.7. The molecular formula is C13H12N4O. The predicted octanol–water partition coefficient (Wildman–Crippen LogP) is 2.48. The maximum absolute atomic E-state index is 5.72. The van der Waals surface area contributed by atoms with Gasteiger partial charge in [-0.15, -0.1) is 0 Å². The van der Waals surface area contributed by atoms with Gasteiger partial charge in [-0.25, -0.2) is 4.98 Å². The summed E-state index contributed by atoms with van der Waals surface area (Å²) in [4.78, 5) is 4.44. The number of hydrogen-bond acceptors (Lipinski definition) is 5. The van der Waals surface area contributed by atoms with E-state index in [1.54, 1.807) is 12.1 Å². The molecule has 0 atom stereocenters. The summed E-state index contributed by atoms with van der Waals surface area (Å²) in [5, 5.41) is 8.06. The number of nitrogens with zero attached hydrogens (tertiary/aromatic N) is 3. The number of nitrogens with two attached hydrogens (primary N) is 1. The summed E-state index contributed by atoms with van der Waals surface area (Å²) in [6, 6.07) is 7.32. The lowest BCUT2D eigenvalue weighted by Gasteiger charge is -1.99. The monoisotopic (exact) mass is 240 g/mol. The van der Waals surface area contributed by atoms with E-state index < -0.39 is 0 Å². The molecule has 18 heavy (non-hydrogen) atoms. The van der Waals surface area contributed by atoms with E-state index in [4.69, 9.17) is 10.2 Å². The predicted molar refractivity (Wildman–Crippen MR) is 68.9 cm³/mol. The lowest BCUT2D eigenvalue weighted by molar-refractivity contribution is 0.618. The van der Waals surface area contributed by atoms with E-state index >= 15 is 0 Å². The van der Waals surface area contributed by atoms with Gasteiger partial charge in [0.05, 0.1) is 17.0 Å². The van der Waals surface area contributed by atoms with Crippen LogP contribution in [0.3, 0.4) is 0 Å². The van der Waals surface area contributed by atoms with Crippen LogP contribution >= 0.6 is 0 Å². The normalized spacial score (nSPS) is 11.0. The Kier molecular flexibility index (Phi) is 2.26. The molecule has 0 fully saturated rings. The fourth-order valence-corrected chi connectivity index (χ4v) is 1.82. The van der Waals surface area contributed by atoms with Gasteiger partial charge in [0.2, 0.25) is 5.89 Å². The summed E-state index contributed by atoms with van der Waals surface area (Å²) in [7, 11) is 0. The van der Waals surface area contributed by atoms with Gasteiger partial charge in [-0.3, -0.25) is 0 Å². The molecule has 0 saturated carbocycles. The highest BCUT2D eigenvalue weighted by Gasteiger charge is 2.12. The highest BCUT2D eigenvalue weighted by Crippen LogP contribution is 2.27. The highest BCUT2D eigenvalue weighted by molar-refractivity contribution is 5.79. The third kappa shape index (κ3) is 1.69. The Labute approximate surface area is 104 Å². The van der Waals surface area contributed by atoms with E-state index in [1.807, 2.05) is 26.0 Å². The number of hydrogen-bond donors (Lipinski definition) is 1. The third-order valence-electron chi connectivity index (χ3n) is 2.74. The van der Waals surface area contributed by atoms with Gasteiger partial charge in [0.1, 0.15) is 5.52 Å². The standard InChI is InChI=1S/C13H12N4O/c1-7-5-10(8(2)17-16-7)13-15-11-4-3-9(14)6-12(11)18-13/h3-6H,14H2,1-2H3. The minimum Gasteiger partial charge on any atom is -0.436 e. The quantitative estimate of drug-likeness (QED) is 0.661. The molecule has 5 heteroatoms. The topological polar surface area (TPSA) is 77.8 Å². The van der Waals surface area contributed by atoms with Crippen LogP contribution < -0.4 is 5.73 Å². The molecule has 1 aromatic carbocycles. The highest BCUT2D eigenvalue weighted by atomic mass is 16.3. The van der Waals surface area contributed by atoms with Crippen LogP contribution in [0.2, 0.25) is 0 Å². The molecule has 2 heterocycles. The summed E-state index contributed by atoms with van der Waals surface area (Å²) in [5.41, 5.74) is 10.3. The SMILES string of the molecule is Cc1cc(-c2nc3ccc(N)cc3o2)c(C)nn1. The van der Waals surface area contributed by atoms with Gasteiger partial charge >= 0.3 is 0 Å². The Morgan fingerprint density at radius 1 is 1.11 bits per heavy atom. The van der Waals surface area contributed by atoms with E-state index in [-0.39, 0.29) is 0 Å². The van der Waals surface area contributed by atoms with Gasteiger partial charge < -0.3 is 10.2 Å². The Balaban J connectivity index is 2.22. The smallest absolute Gasteiger partial charge is 0.229 e. The van der Waals surface area contributed by atoms with Crippen LogP contribution in [0.25, 0.3) is 22.6 Å². The lowest BCUT2D eigenvalue weighted by Crippen LogP contribution is -1.93. The van der Waals surface area contributed by atoms with Gasteiger partial charge in [0.25, 0.3) is 0 Å². The number of rotatable bonds is 1. The summed E-state index contributed by atoms with van der Waals surface area (Å²) >= 11 is 0. The maximum Gasteiger partial charge on any atom is 0.229 e. The van der Waals surface area contributed by atoms with Crippen molar-refractivity contribution in [3.8, 4) is 11.5 Å². The van der Waals surface area contributed by atoms with Crippen LogP contribution in [-0.2, 0) is 0 Å². The fourth-order valence-electron chi connectivity index (χ4n) is 1.82. The molecule has 90 valence electrons. The van der Waals surface area contributed by atoms with Gasteiger partial charge in [0, 0.05) is 11.8 Å². The number of aryl methyl sites for hydroxylation is 2. The summed E-state index contributed by atoms with van der Waals surface area (Å²) in [6.07, 6.45) is 0. The zero-order valence-corrected chi connectivity index (χ0v) is 10.1. The molecule has 5 nitrogen and oxygen atoms in total. The average molecular weight is 240 g/mol. The van der Waals surface area contributed by atoms with Crippen LogP contribution in [0.5, 0.6) is 0 Å². The number of benzene rings is 1. The molecule has 0 aliphatic heterocycles. The van der Waals surface area contributed by atoms with Crippen molar-refractivity contribution in [2.75, 3.05) is 5.73 Å². The summed E-state index contributed by atoms with van der Waals surface area (Å²) in [6.45, 7) is 3.77. The van der Waals surface area contributed by atoms with Crippen molar-refractivity contribution in [3.05, 3.63) is 35.7 Å². The van der Waals surface area contributed by atoms with E-state index in [2.05, 4.69) is 15.2 Å². The number of anilines is 1. The second-order valence-corrected chi connectivity index (χ2v) is 4.23. The minimum atomic E-state index is 0.547. The van der Waals surface area contributed by atoms with Crippen molar-refractivity contribution < 1.29 is 4.42 Å². The molecule has 0 amide bonds. The first-order valence-corrected chi connectivity index (χ1v) is 5.61. The Morgan fingerprint density at radius 2 is 1.94 bits per heavy atom. The molecule has 0 aliphatic rings. The number of oxazole rings is 1. The molecule has 0 bridgehead atoms. The number of nitrogen functional groups attached to an aromatic ring is 1. The first-order chi connectivity index (χ1) is 8.63. The molecule has 3 rings (SSSR count). The summed E-state index contributed by atoms with van der Waals surface area (Å²) < 4.78 is 5.71. The fraction of sp³-hybridized carbons (Fsp3) is 0.154. The molecular weight excluding hydrogens is 228 g/mol. The van der Waals surface area contributed by atoms with E-state index in [1.165, 1.54) is 0 Å². The Hall–Kier alpha value is -2.43. The molecule has 0 unspecified atom stereocenters. The first kappa shape index (κ1) is 10.7. The van der Waals surface area contributed by atoms with Crippen LogP contribution in [-0.4, -0.2) is 15.2 Å². The van der Waals surface area contributed by atoms with Gasteiger partial charge in [-0.1, -0.05) is 0 Å². The lowest BCUT2D eigenvalue weighted by atomic mass is 10.2. The number of fused-ring (bicyclic) bond motifs is 1. The molecule has 0 spiro atoms. The minimum absolute atomic E-state index is 0.547. The van der Waals surface area contributed by atoms with Gasteiger partial charge in [0.15, 0.2) is 5.58 Å². The molecule has 0 aliphatic carbocycles. The number of aromatic nitrogens is 3. The van der Waals surface area contributed by atoms with E-state index in [0.29, 0.717) is 17.2 Å². The van der Waals surface area contributed by atoms with Gasteiger partial charge in [-0.05, 0) is 32.0 Å². The van der Waals surface area contributed by atoms with Crippen LogP contribution in [0, 0.1) is 13.8 Å². The Morgan fingerprint density at radius 3 is 2.78 bits per heavy atom. The van der Waals surface area contributed by atoms with Crippen LogP contribution in [0.1, 0.15) is 11.4 Å². The van der Waals surface area contributed by atoms with Crippen molar-refractivity contribution in [1.82, 2.24) is 15.2 Å². The van der Waals surface area contributed by atoms with E-state index in [0.717, 1.165) is 22.5 Å². The molecule has 0 saturated heterocycles. The van der Waals surface area contributed by atoms with E-state index in [9.17, 15) is 0 Å². The van der Waals surface area contributed by atoms with Gasteiger partial charge in [-0.2, -0.15) is 10.2 Å². The second kappa shape index (κ2) is 3.80. The van der Waals surface area contributed by atoms with Crippen LogP contribution in [0.4, 0.5) is 5.69 Å². The van der Waals surface area contributed by atoms with Crippen molar-refractivity contribution in [2.24, 2.45) is 0 Å². The third-order valence-corrected chi connectivity index (χ3v) is 2.74. The Bertz CT molecular complexity index is 733. The molecule has 2 N–H and O–H groups in total. The van der Waals surface area contributed by atoms with Crippen molar-refractivity contribution in [3.63, 3.8) is 0 Å². The largest absolute Gasteiger partial charge is 0.436 e. The van der Waals surface area contributed by atoms with Crippen LogP contribution in [0.15, 0.2) is 28.7 Å². The molecule has 3 aromatic rings. The van der Waals surface area contributed by atoms with Crippen molar-refractivity contribution in [1.29, 1.82) is 0 Å². The summed E-state index contributed by atoms with van der Waals surface area (Å²) in [5.74, 6) is 0.547. The first-order valence-electron chi connectivity index (χ1n) is 5.61. The molecule has 0 radical (unpaired) electrons.